The molecule has 0 aliphatic heterocycles. The van der Waals surface area contributed by atoms with Crippen LogP contribution in [0.3, 0.4) is 0 Å². The van der Waals surface area contributed by atoms with Crippen LogP contribution in [0.1, 0.15) is 50.5 Å². The Morgan fingerprint density at radius 1 is 1.30 bits per heavy atom. The molecule has 3 nitrogen and oxygen atoms in total. The van der Waals surface area contributed by atoms with Crippen molar-refractivity contribution in [3.05, 3.63) is 35.9 Å². The molecule has 1 aromatic rings. The molecule has 2 rings (SSSR count). The van der Waals surface area contributed by atoms with Gasteiger partial charge in [-0.15, -0.1) is 0 Å². The molecular formula is C17H22N2O. The Hall–Kier alpha value is -1.82. The number of carbonyl (C=O) groups is 1. The average molecular weight is 270 g/mol. The number of amides is 1. The van der Waals surface area contributed by atoms with Crippen molar-refractivity contribution in [3.8, 4) is 6.07 Å². The van der Waals surface area contributed by atoms with Gasteiger partial charge in [0.05, 0.1) is 6.07 Å². The fraction of sp³-hybridized carbons (Fsp3) is 0.529. The zero-order valence-electron chi connectivity index (χ0n) is 12.1. The van der Waals surface area contributed by atoms with Gasteiger partial charge in [0, 0.05) is 6.54 Å². The first-order chi connectivity index (χ1) is 9.68. The van der Waals surface area contributed by atoms with E-state index in [1.807, 2.05) is 18.2 Å². The summed E-state index contributed by atoms with van der Waals surface area (Å²) in [6.07, 6.45) is 4.51. The van der Waals surface area contributed by atoms with Crippen LogP contribution in [0.25, 0.3) is 0 Å². The van der Waals surface area contributed by atoms with Crippen molar-refractivity contribution in [1.82, 2.24) is 5.32 Å². The van der Waals surface area contributed by atoms with Crippen molar-refractivity contribution < 1.29 is 4.79 Å². The van der Waals surface area contributed by atoms with Crippen LogP contribution in [0, 0.1) is 16.7 Å². The first kappa shape index (κ1) is 14.6. The quantitative estimate of drug-likeness (QED) is 0.911. The maximum atomic E-state index is 12.4. The maximum absolute atomic E-state index is 12.4. The highest BCUT2D eigenvalue weighted by Gasteiger charge is 2.39. The lowest BCUT2D eigenvalue weighted by Crippen LogP contribution is -2.42. The third kappa shape index (κ3) is 3.19. The minimum absolute atomic E-state index is 0.0810. The number of carbonyl (C=O) groups excluding carboxylic acids is 1. The standard InChI is InChI=1S/C17H22N2O/c1-14(15-8-4-2-5-9-15)12-19-16(20)17(13-18)10-6-3-7-11-17/h2,4-5,8-9,14H,3,6-7,10-12H2,1H3,(H,19,20). The zero-order valence-corrected chi connectivity index (χ0v) is 12.1. The lowest BCUT2D eigenvalue weighted by atomic mass is 9.74. The Labute approximate surface area is 121 Å². The third-order valence-electron chi connectivity index (χ3n) is 4.29. The molecule has 1 atom stereocenters. The van der Waals surface area contributed by atoms with E-state index in [1.54, 1.807) is 0 Å². The van der Waals surface area contributed by atoms with Crippen molar-refractivity contribution in [2.45, 2.75) is 44.9 Å². The SMILES string of the molecule is CC(CNC(=O)C1(C#N)CCCCC1)c1ccccc1. The van der Waals surface area contributed by atoms with Gasteiger partial charge in [0.2, 0.25) is 5.91 Å². The summed E-state index contributed by atoms with van der Waals surface area (Å²) < 4.78 is 0. The number of benzene rings is 1. The molecule has 1 aliphatic carbocycles. The molecule has 0 radical (unpaired) electrons. The normalized spacial score (nSPS) is 18.8. The number of hydrogen-bond donors (Lipinski definition) is 1. The maximum Gasteiger partial charge on any atom is 0.240 e. The minimum Gasteiger partial charge on any atom is -0.354 e. The fourth-order valence-corrected chi connectivity index (χ4v) is 2.86. The van der Waals surface area contributed by atoms with E-state index < -0.39 is 5.41 Å². The molecule has 20 heavy (non-hydrogen) atoms. The molecule has 1 amide bonds. The second-order valence-corrected chi connectivity index (χ2v) is 5.78. The third-order valence-corrected chi connectivity index (χ3v) is 4.29. The summed E-state index contributed by atoms with van der Waals surface area (Å²) in [6.45, 7) is 2.68. The highest BCUT2D eigenvalue weighted by Crippen LogP contribution is 2.35. The van der Waals surface area contributed by atoms with Gasteiger partial charge in [-0.2, -0.15) is 5.26 Å². The topological polar surface area (TPSA) is 52.9 Å². The van der Waals surface area contributed by atoms with Gasteiger partial charge >= 0.3 is 0 Å². The number of nitrogens with one attached hydrogen (secondary N) is 1. The number of nitrogens with zero attached hydrogens (tertiary/aromatic N) is 1. The Morgan fingerprint density at radius 3 is 2.55 bits per heavy atom. The Balaban J connectivity index is 1.93. The molecule has 0 saturated heterocycles. The van der Waals surface area contributed by atoms with Gasteiger partial charge < -0.3 is 5.32 Å². The number of rotatable bonds is 4. The van der Waals surface area contributed by atoms with Crippen molar-refractivity contribution in [1.29, 1.82) is 5.26 Å². The van der Waals surface area contributed by atoms with Crippen molar-refractivity contribution in [2.24, 2.45) is 5.41 Å². The van der Waals surface area contributed by atoms with Crippen LogP contribution in [0.4, 0.5) is 0 Å². The van der Waals surface area contributed by atoms with Crippen LogP contribution in [0.5, 0.6) is 0 Å². The number of hydrogen-bond acceptors (Lipinski definition) is 2. The van der Waals surface area contributed by atoms with Crippen molar-refractivity contribution in [3.63, 3.8) is 0 Å². The molecule has 1 saturated carbocycles. The lowest BCUT2D eigenvalue weighted by molar-refractivity contribution is -0.129. The molecule has 1 unspecified atom stereocenters. The van der Waals surface area contributed by atoms with Gasteiger partial charge in [-0.3, -0.25) is 4.79 Å². The second kappa shape index (κ2) is 6.56. The van der Waals surface area contributed by atoms with Gasteiger partial charge in [-0.25, -0.2) is 0 Å². The van der Waals surface area contributed by atoms with E-state index >= 15 is 0 Å². The lowest BCUT2D eigenvalue weighted by Gasteiger charge is -2.29. The average Bonchev–Trinajstić information content (AvgIpc) is 2.53. The highest BCUT2D eigenvalue weighted by molar-refractivity contribution is 5.85. The summed E-state index contributed by atoms with van der Waals surface area (Å²) in [6, 6.07) is 12.4. The summed E-state index contributed by atoms with van der Waals surface area (Å²) in [5.74, 6) is 0.182. The summed E-state index contributed by atoms with van der Waals surface area (Å²) in [5, 5.41) is 12.4. The van der Waals surface area contributed by atoms with Crippen LogP contribution in [0.2, 0.25) is 0 Å². The van der Waals surface area contributed by atoms with E-state index in [-0.39, 0.29) is 11.8 Å². The molecule has 1 fully saturated rings. The molecular weight excluding hydrogens is 248 g/mol. The smallest absolute Gasteiger partial charge is 0.240 e. The monoisotopic (exact) mass is 270 g/mol. The predicted octanol–water partition coefficient (Wildman–Crippen LogP) is 3.38. The summed E-state index contributed by atoms with van der Waals surface area (Å²) >= 11 is 0. The summed E-state index contributed by atoms with van der Waals surface area (Å²) in [7, 11) is 0. The molecule has 106 valence electrons. The van der Waals surface area contributed by atoms with Gasteiger partial charge in [0.15, 0.2) is 0 Å². The Kier molecular flexibility index (Phi) is 4.79. The van der Waals surface area contributed by atoms with E-state index in [0.29, 0.717) is 19.4 Å². The predicted molar refractivity (Wildman–Crippen MR) is 79.0 cm³/mol. The largest absolute Gasteiger partial charge is 0.354 e. The molecule has 0 spiro atoms. The number of nitriles is 1. The Bertz CT molecular complexity index is 483. The zero-order chi connectivity index (χ0) is 14.4. The van der Waals surface area contributed by atoms with E-state index in [2.05, 4.69) is 30.4 Å². The minimum atomic E-state index is -0.783. The molecule has 1 N–H and O–H groups in total. The van der Waals surface area contributed by atoms with Gasteiger partial charge in [-0.05, 0) is 24.3 Å². The fourth-order valence-electron chi connectivity index (χ4n) is 2.86. The summed E-state index contributed by atoms with van der Waals surface area (Å²) in [4.78, 5) is 12.4. The highest BCUT2D eigenvalue weighted by atomic mass is 16.2. The second-order valence-electron chi connectivity index (χ2n) is 5.78. The van der Waals surface area contributed by atoms with Crippen LogP contribution in [0.15, 0.2) is 30.3 Å². The van der Waals surface area contributed by atoms with Gasteiger partial charge in [0.1, 0.15) is 5.41 Å². The first-order valence-electron chi connectivity index (χ1n) is 7.42. The van der Waals surface area contributed by atoms with Gasteiger partial charge in [0.25, 0.3) is 0 Å². The van der Waals surface area contributed by atoms with Gasteiger partial charge in [-0.1, -0.05) is 56.5 Å². The van der Waals surface area contributed by atoms with E-state index in [1.165, 1.54) is 5.56 Å². The molecule has 1 aliphatic rings. The molecule has 3 heteroatoms. The Morgan fingerprint density at radius 2 is 1.95 bits per heavy atom. The first-order valence-corrected chi connectivity index (χ1v) is 7.42. The van der Waals surface area contributed by atoms with Crippen molar-refractivity contribution >= 4 is 5.91 Å². The molecule has 0 heterocycles. The van der Waals surface area contributed by atoms with Crippen LogP contribution >= 0.6 is 0 Å². The van der Waals surface area contributed by atoms with Crippen LogP contribution < -0.4 is 5.32 Å². The van der Waals surface area contributed by atoms with Crippen LogP contribution in [-0.4, -0.2) is 12.5 Å². The molecule has 1 aromatic carbocycles. The van der Waals surface area contributed by atoms with Crippen LogP contribution in [-0.2, 0) is 4.79 Å². The van der Waals surface area contributed by atoms with Crippen molar-refractivity contribution in [2.75, 3.05) is 6.54 Å². The summed E-state index contributed by atoms with van der Waals surface area (Å²) in [5.41, 5.74) is 0.428. The molecule has 0 bridgehead atoms. The van der Waals surface area contributed by atoms with E-state index in [9.17, 15) is 10.1 Å². The van der Waals surface area contributed by atoms with E-state index in [4.69, 9.17) is 0 Å². The molecule has 0 aromatic heterocycles. The van der Waals surface area contributed by atoms with E-state index in [0.717, 1.165) is 19.3 Å².